The number of hydrogen-bond acceptors (Lipinski definition) is 6. The molecule has 0 bridgehead atoms. The number of rotatable bonds is 3. The predicted molar refractivity (Wildman–Crippen MR) is 104 cm³/mol. The number of carbonyl (C=O) groups excluding carboxylic acids is 2. The van der Waals surface area contributed by atoms with Gasteiger partial charge in [-0.15, -0.1) is 0 Å². The molecular formula is C23H32O6. The smallest absolute Gasteiger partial charge is 0.174 e. The molecule has 5 aliphatic rings. The lowest BCUT2D eigenvalue weighted by atomic mass is 9.52. The van der Waals surface area contributed by atoms with Gasteiger partial charge in [-0.25, -0.2) is 0 Å². The molecule has 2 heterocycles. The van der Waals surface area contributed by atoms with Crippen molar-refractivity contribution in [2.75, 3.05) is 26.4 Å². The van der Waals surface area contributed by atoms with Crippen LogP contribution >= 0.6 is 0 Å². The number of allylic oxidation sites excluding steroid dienone is 2. The van der Waals surface area contributed by atoms with Gasteiger partial charge < -0.3 is 18.9 Å². The largest absolute Gasteiger partial charge is 0.348 e. The monoisotopic (exact) mass is 404 g/mol. The van der Waals surface area contributed by atoms with E-state index in [1.807, 2.05) is 6.92 Å². The molecule has 3 aliphatic carbocycles. The lowest BCUT2D eigenvalue weighted by Gasteiger charge is -2.56. The molecule has 160 valence electrons. The number of ether oxygens (including phenoxy) is 4. The minimum absolute atomic E-state index is 0.121. The van der Waals surface area contributed by atoms with Crippen molar-refractivity contribution >= 4 is 11.6 Å². The molecule has 0 amide bonds. The Balaban J connectivity index is 1.47. The first-order chi connectivity index (χ1) is 13.9. The molecular weight excluding hydrogens is 372 g/mol. The van der Waals surface area contributed by atoms with Gasteiger partial charge in [0.1, 0.15) is 5.78 Å². The number of carbonyl (C=O) groups is 2. The molecule has 6 nitrogen and oxygen atoms in total. The number of ketones is 2. The van der Waals surface area contributed by atoms with Gasteiger partial charge in [-0.1, -0.05) is 12.5 Å². The summed E-state index contributed by atoms with van der Waals surface area (Å²) in [6.07, 6.45) is 5.81. The standard InChI is InChI=1S/C23H32O6/c1-21-14-19(25)20-15(17(21)4-3-8-23(21)28-12-13-29-23)5-6-18(24)16(20)7-9-22(2)26-10-11-27-22/h16-17H,3-14H2,1-2H3/t16-,17+,21+/m1/s1. The van der Waals surface area contributed by atoms with Crippen LogP contribution in [0.25, 0.3) is 0 Å². The Bertz CT molecular complexity index is 742. The van der Waals surface area contributed by atoms with E-state index in [-0.39, 0.29) is 28.8 Å². The molecule has 0 aromatic rings. The van der Waals surface area contributed by atoms with Gasteiger partial charge in [0.25, 0.3) is 0 Å². The quantitative estimate of drug-likeness (QED) is 0.719. The highest BCUT2D eigenvalue weighted by Gasteiger charge is 2.62. The number of fused-ring (bicyclic) bond motifs is 3. The molecule has 0 aromatic carbocycles. The lowest BCUT2D eigenvalue weighted by Crippen LogP contribution is -2.58. The van der Waals surface area contributed by atoms with E-state index in [2.05, 4.69) is 6.92 Å². The molecule has 3 fully saturated rings. The molecule has 29 heavy (non-hydrogen) atoms. The topological polar surface area (TPSA) is 71.1 Å². The maximum Gasteiger partial charge on any atom is 0.174 e. The first-order valence-corrected chi connectivity index (χ1v) is 11.2. The van der Waals surface area contributed by atoms with Gasteiger partial charge in [-0.3, -0.25) is 9.59 Å². The summed E-state index contributed by atoms with van der Waals surface area (Å²) >= 11 is 0. The van der Waals surface area contributed by atoms with Crippen molar-refractivity contribution in [3.63, 3.8) is 0 Å². The highest BCUT2D eigenvalue weighted by atomic mass is 16.7. The van der Waals surface area contributed by atoms with Gasteiger partial charge in [0.2, 0.25) is 0 Å². The Morgan fingerprint density at radius 3 is 2.38 bits per heavy atom. The van der Waals surface area contributed by atoms with E-state index in [0.717, 1.165) is 24.8 Å². The zero-order valence-corrected chi connectivity index (χ0v) is 17.6. The molecule has 0 radical (unpaired) electrons. The fourth-order valence-corrected chi connectivity index (χ4v) is 6.68. The Morgan fingerprint density at radius 1 is 0.966 bits per heavy atom. The summed E-state index contributed by atoms with van der Waals surface area (Å²) in [5, 5.41) is 0. The fraction of sp³-hybridized carbons (Fsp3) is 0.826. The van der Waals surface area contributed by atoms with Crippen molar-refractivity contribution in [2.45, 2.75) is 76.8 Å². The highest BCUT2D eigenvalue weighted by molar-refractivity contribution is 6.05. The van der Waals surface area contributed by atoms with Gasteiger partial charge >= 0.3 is 0 Å². The molecule has 0 N–H and O–H groups in total. The Morgan fingerprint density at radius 2 is 1.66 bits per heavy atom. The zero-order valence-electron chi connectivity index (χ0n) is 17.6. The molecule has 0 aromatic heterocycles. The van der Waals surface area contributed by atoms with Crippen LogP contribution in [0.4, 0.5) is 0 Å². The average Bonchev–Trinajstić information content (AvgIpc) is 3.33. The summed E-state index contributed by atoms with van der Waals surface area (Å²) in [4.78, 5) is 26.4. The number of Topliss-reactive ketones (excluding diaryl/α,β-unsaturated/α-hetero) is 2. The predicted octanol–water partition coefficient (Wildman–Crippen LogP) is 3.33. The summed E-state index contributed by atoms with van der Waals surface area (Å²) in [6.45, 7) is 6.48. The Hall–Kier alpha value is -1.08. The highest BCUT2D eigenvalue weighted by Crippen LogP contribution is 2.61. The second kappa shape index (κ2) is 6.98. The first kappa shape index (κ1) is 19.9. The van der Waals surface area contributed by atoms with E-state index in [9.17, 15) is 9.59 Å². The summed E-state index contributed by atoms with van der Waals surface area (Å²) in [7, 11) is 0. The molecule has 5 rings (SSSR count). The van der Waals surface area contributed by atoms with Crippen LogP contribution in [0.15, 0.2) is 11.1 Å². The van der Waals surface area contributed by atoms with E-state index in [1.54, 1.807) is 0 Å². The summed E-state index contributed by atoms with van der Waals surface area (Å²) in [6, 6.07) is 0. The van der Waals surface area contributed by atoms with Crippen molar-refractivity contribution < 1.29 is 28.5 Å². The van der Waals surface area contributed by atoms with Crippen LogP contribution in [-0.4, -0.2) is 49.6 Å². The third-order valence-corrected chi connectivity index (χ3v) is 8.15. The first-order valence-electron chi connectivity index (χ1n) is 11.2. The zero-order chi connectivity index (χ0) is 20.3. The second-order valence-corrected chi connectivity index (χ2v) is 9.74. The minimum atomic E-state index is -0.639. The third kappa shape index (κ3) is 2.98. The molecule has 0 unspecified atom stereocenters. The van der Waals surface area contributed by atoms with Gasteiger partial charge in [0.05, 0.1) is 26.4 Å². The van der Waals surface area contributed by atoms with Crippen molar-refractivity contribution in [3.8, 4) is 0 Å². The van der Waals surface area contributed by atoms with E-state index in [4.69, 9.17) is 18.9 Å². The normalized spacial score (nSPS) is 38.4. The van der Waals surface area contributed by atoms with E-state index >= 15 is 0 Å². The van der Waals surface area contributed by atoms with Crippen LogP contribution in [-0.2, 0) is 28.5 Å². The van der Waals surface area contributed by atoms with Gasteiger partial charge in [0, 0.05) is 42.6 Å². The van der Waals surface area contributed by atoms with Crippen molar-refractivity contribution in [2.24, 2.45) is 17.3 Å². The van der Waals surface area contributed by atoms with Gasteiger partial charge in [0.15, 0.2) is 17.4 Å². The average molecular weight is 405 g/mol. The fourth-order valence-electron chi connectivity index (χ4n) is 6.68. The van der Waals surface area contributed by atoms with E-state index in [1.165, 1.54) is 5.57 Å². The summed E-state index contributed by atoms with van der Waals surface area (Å²) in [5.41, 5.74) is 1.68. The summed E-state index contributed by atoms with van der Waals surface area (Å²) in [5.74, 6) is -1.02. The van der Waals surface area contributed by atoms with Crippen LogP contribution in [0.2, 0.25) is 0 Å². The molecule has 2 saturated heterocycles. The van der Waals surface area contributed by atoms with Crippen molar-refractivity contribution in [1.29, 1.82) is 0 Å². The van der Waals surface area contributed by atoms with Crippen LogP contribution in [0.3, 0.4) is 0 Å². The molecule has 1 saturated carbocycles. The molecule has 3 atom stereocenters. The van der Waals surface area contributed by atoms with Crippen molar-refractivity contribution in [3.05, 3.63) is 11.1 Å². The third-order valence-electron chi connectivity index (χ3n) is 8.15. The van der Waals surface area contributed by atoms with Crippen molar-refractivity contribution in [1.82, 2.24) is 0 Å². The molecule has 6 heteroatoms. The lowest BCUT2D eigenvalue weighted by molar-refractivity contribution is -0.265. The van der Waals surface area contributed by atoms with Gasteiger partial charge in [-0.05, 0) is 38.5 Å². The van der Waals surface area contributed by atoms with E-state index < -0.39 is 11.6 Å². The molecule has 1 spiro atoms. The summed E-state index contributed by atoms with van der Waals surface area (Å²) < 4.78 is 23.8. The van der Waals surface area contributed by atoms with Crippen LogP contribution in [0.5, 0.6) is 0 Å². The molecule has 2 aliphatic heterocycles. The second-order valence-electron chi connectivity index (χ2n) is 9.74. The Labute approximate surface area is 172 Å². The Kier molecular flexibility index (Phi) is 4.78. The van der Waals surface area contributed by atoms with Crippen LogP contribution < -0.4 is 0 Å². The maximum atomic E-state index is 13.5. The number of hydrogen-bond donors (Lipinski definition) is 0. The van der Waals surface area contributed by atoms with Crippen LogP contribution in [0, 0.1) is 17.3 Å². The minimum Gasteiger partial charge on any atom is -0.348 e. The van der Waals surface area contributed by atoms with Gasteiger partial charge in [-0.2, -0.15) is 0 Å². The van der Waals surface area contributed by atoms with Crippen LogP contribution in [0.1, 0.15) is 65.2 Å². The maximum absolute atomic E-state index is 13.5. The SMILES string of the molecule is CC1(CC[C@@H]2C(=O)CCC3=C2C(=O)C[C@@]2(C)[C@H]3CCCC23OCCO3)OCCO1. The van der Waals surface area contributed by atoms with E-state index in [0.29, 0.717) is 58.5 Å².